The van der Waals surface area contributed by atoms with E-state index in [1.807, 2.05) is 25.1 Å². The van der Waals surface area contributed by atoms with E-state index in [0.29, 0.717) is 0 Å². The van der Waals surface area contributed by atoms with E-state index >= 15 is 0 Å². The molecule has 0 N–H and O–H groups in total. The standard InChI is InChI=1S/C15H23BrO3S.C10H10/c1-14-8-10-15(11-9-14)20(17,18)19-13-7-5-3-2-4-6-12-16;1-2-3-7-10-8-5-4-6-9-10/h8-11H,2-7,12-13H2,1H3;1,4-6,8-9H,3,7H2. The molecule has 5 heteroatoms. The average Bonchev–Trinajstić information content (AvgIpc) is 2.75. The quantitative estimate of drug-likeness (QED) is 0.143. The minimum Gasteiger partial charge on any atom is -0.266 e. The van der Waals surface area contributed by atoms with Crippen LogP contribution in [0, 0.1) is 19.3 Å². The topological polar surface area (TPSA) is 43.4 Å². The number of benzene rings is 2. The Labute approximate surface area is 191 Å². The summed E-state index contributed by atoms with van der Waals surface area (Å²) in [6.07, 6.45) is 13.6. The van der Waals surface area contributed by atoms with Crippen molar-refractivity contribution < 1.29 is 12.6 Å². The molecule has 0 saturated carbocycles. The summed E-state index contributed by atoms with van der Waals surface area (Å²) in [5.74, 6) is 2.62. The van der Waals surface area contributed by atoms with Crippen molar-refractivity contribution in [3.63, 3.8) is 0 Å². The molecule has 0 bridgehead atoms. The minimum absolute atomic E-state index is 0.237. The van der Waals surface area contributed by atoms with E-state index in [1.54, 1.807) is 24.3 Å². The summed E-state index contributed by atoms with van der Waals surface area (Å²) in [7, 11) is -3.58. The highest BCUT2D eigenvalue weighted by Crippen LogP contribution is 2.14. The Balaban J connectivity index is 0.000000375. The van der Waals surface area contributed by atoms with Crippen LogP contribution in [0.5, 0.6) is 0 Å². The molecule has 0 heterocycles. The van der Waals surface area contributed by atoms with Crippen LogP contribution in [-0.4, -0.2) is 20.4 Å². The second-order valence-electron chi connectivity index (χ2n) is 7.09. The number of hydrogen-bond acceptors (Lipinski definition) is 3. The van der Waals surface area contributed by atoms with Crippen molar-refractivity contribution in [2.45, 2.75) is 63.2 Å². The molecule has 0 aliphatic rings. The Morgan fingerprint density at radius 3 is 2.10 bits per heavy atom. The van der Waals surface area contributed by atoms with Crippen LogP contribution in [0.4, 0.5) is 0 Å². The number of hydrogen-bond donors (Lipinski definition) is 0. The van der Waals surface area contributed by atoms with Crippen molar-refractivity contribution in [1.29, 1.82) is 0 Å². The first-order chi connectivity index (χ1) is 14.5. The van der Waals surface area contributed by atoms with Gasteiger partial charge in [0.15, 0.2) is 0 Å². The summed E-state index contributed by atoms with van der Waals surface area (Å²) in [6, 6.07) is 17.0. The fraction of sp³-hybridized carbons (Fsp3) is 0.440. The van der Waals surface area contributed by atoms with E-state index in [0.717, 1.165) is 43.0 Å². The van der Waals surface area contributed by atoms with E-state index in [-0.39, 0.29) is 11.5 Å². The summed E-state index contributed by atoms with van der Waals surface area (Å²) in [4.78, 5) is 0.237. The fourth-order valence-corrected chi connectivity index (χ4v) is 4.05. The molecule has 0 aliphatic heterocycles. The molecule has 0 aromatic heterocycles. The third kappa shape index (κ3) is 12.2. The molecule has 164 valence electrons. The lowest BCUT2D eigenvalue weighted by molar-refractivity contribution is 0.306. The predicted octanol–water partition coefficient (Wildman–Crippen LogP) is 6.69. The second-order valence-corrected chi connectivity index (χ2v) is 9.50. The molecular formula is C25H33BrO3S. The van der Waals surface area contributed by atoms with Gasteiger partial charge in [-0.2, -0.15) is 8.42 Å². The maximum atomic E-state index is 11.9. The zero-order valence-electron chi connectivity index (χ0n) is 17.9. The molecule has 0 radical (unpaired) electrons. The smallest absolute Gasteiger partial charge is 0.266 e. The van der Waals surface area contributed by atoms with Crippen molar-refractivity contribution in [3.8, 4) is 12.3 Å². The van der Waals surface area contributed by atoms with Crippen LogP contribution in [0.15, 0.2) is 59.5 Å². The Bertz CT molecular complexity index is 825. The molecule has 30 heavy (non-hydrogen) atoms. The molecular weight excluding hydrogens is 460 g/mol. The summed E-state index contributed by atoms with van der Waals surface area (Å²) in [6.45, 7) is 2.20. The molecule has 0 aliphatic carbocycles. The molecule has 0 saturated heterocycles. The zero-order valence-corrected chi connectivity index (χ0v) is 20.3. The van der Waals surface area contributed by atoms with Crippen molar-refractivity contribution >= 4 is 26.0 Å². The van der Waals surface area contributed by atoms with Gasteiger partial charge in [-0.25, -0.2) is 0 Å². The average molecular weight is 494 g/mol. The third-order valence-electron chi connectivity index (χ3n) is 4.48. The van der Waals surface area contributed by atoms with E-state index in [1.165, 1.54) is 24.8 Å². The van der Waals surface area contributed by atoms with E-state index in [4.69, 9.17) is 10.6 Å². The van der Waals surface area contributed by atoms with E-state index in [9.17, 15) is 8.42 Å². The van der Waals surface area contributed by atoms with Crippen LogP contribution < -0.4 is 0 Å². The Morgan fingerprint density at radius 2 is 1.50 bits per heavy atom. The SMILES string of the molecule is C#CCCc1ccccc1.Cc1ccc(S(=O)(=O)OCCCCCCCCBr)cc1. The first kappa shape index (κ1) is 26.4. The van der Waals surface area contributed by atoms with Gasteiger partial charge in [-0.1, -0.05) is 89.6 Å². The second kappa shape index (κ2) is 16.1. The number of unbranched alkanes of at least 4 members (excludes halogenated alkanes) is 5. The Hall–Kier alpha value is -1.61. The highest BCUT2D eigenvalue weighted by molar-refractivity contribution is 9.09. The Kier molecular flexibility index (Phi) is 14.2. The number of alkyl halides is 1. The summed E-state index contributed by atoms with van der Waals surface area (Å²) in [5.41, 5.74) is 2.35. The van der Waals surface area contributed by atoms with Crippen LogP contribution in [0.2, 0.25) is 0 Å². The van der Waals surface area contributed by atoms with Crippen LogP contribution in [0.3, 0.4) is 0 Å². The van der Waals surface area contributed by atoms with Crippen molar-refractivity contribution in [2.75, 3.05) is 11.9 Å². The van der Waals surface area contributed by atoms with Gasteiger partial charge < -0.3 is 0 Å². The minimum atomic E-state index is -3.58. The number of aryl methyl sites for hydroxylation is 2. The molecule has 0 amide bonds. The van der Waals surface area contributed by atoms with Crippen molar-refractivity contribution in [2.24, 2.45) is 0 Å². The molecule has 0 unspecified atom stereocenters. The monoisotopic (exact) mass is 492 g/mol. The predicted molar refractivity (Wildman–Crippen MR) is 129 cm³/mol. The van der Waals surface area contributed by atoms with Gasteiger partial charge >= 0.3 is 0 Å². The van der Waals surface area contributed by atoms with E-state index in [2.05, 4.69) is 34.0 Å². The van der Waals surface area contributed by atoms with Gasteiger partial charge in [-0.15, -0.1) is 12.3 Å². The Morgan fingerprint density at radius 1 is 0.900 bits per heavy atom. The summed E-state index contributed by atoms with van der Waals surface area (Å²) in [5, 5.41) is 1.06. The first-order valence-electron chi connectivity index (χ1n) is 10.5. The lowest BCUT2D eigenvalue weighted by atomic mass is 10.1. The maximum absolute atomic E-state index is 11.9. The largest absolute Gasteiger partial charge is 0.296 e. The van der Waals surface area contributed by atoms with Gasteiger partial charge in [0.1, 0.15) is 0 Å². The van der Waals surface area contributed by atoms with Crippen molar-refractivity contribution in [1.82, 2.24) is 0 Å². The fourth-order valence-electron chi connectivity index (χ4n) is 2.71. The molecule has 2 aromatic rings. The molecule has 0 fully saturated rings. The highest BCUT2D eigenvalue weighted by atomic mass is 79.9. The highest BCUT2D eigenvalue weighted by Gasteiger charge is 2.14. The molecule has 0 atom stereocenters. The lowest BCUT2D eigenvalue weighted by Gasteiger charge is -2.06. The van der Waals surface area contributed by atoms with Gasteiger partial charge in [-0.3, -0.25) is 4.18 Å². The van der Waals surface area contributed by atoms with Crippen LogP contribution in [0.25, 0.3) is 0 Å². The normalized spacial score (nSPS) is 10.7. The summed E-state index contributed by atoms with van der Waals surface area (Å²) >= 11 is 3.41. The van der Waals surface area contributed by atoms with Gasteiger partial charge in [0, 0.05) is 11.8 Å². The third-order valence-corrected chi connectivity index (χ3v) is 6.36. The van der Waals surface area contributed by atoms with E-state index < -0.39 is 10.1 Å². The van der Waals surface area contributed by atoms with Gasteiger partial charge in [0.2, 0.25) is 0 Å². The molecule has 3 nitrogen and oxygen atoms in total. The first-order valence-corrected chi connectivity index (χ1v) is 13.0. The lowest BCUT2D eigenvalue weighted by Crippen LogP contribution is -2.07. The van der Waals surface area contributed by atoms with Crippen LogP contribution >= 0.6 is 15.9 Å². The number of rotatable bonds is 12. The molecule has 2 aromatic carbocycles. The molecule has 2 rings (SSSR count). The van der Waals surface area contributed by atoms with Gasteiger partial charge in [0.05, 0.1) is 11.5 Å². The zero-order chi connectivity index (χ0) is 22.1. The number of halogens is 1. The van der Waals surface area contributed by atoms with Crippen molar-refractivity contribution in [3.05, 3.63) is 65.7 Å². The molecule has 0 spiro atoms. The van der Waals surface area contributed by atoms with Crippen LogP contribution in [0.1, 0.15) is 56.1 Å². The van der Waals surface area contributed by atoms with Crippen LogP contribution in [-0.2, 0) is 20.7 Å². The number of terminal acetylenes is 1. The maximum Gasteiger partial charge on any atom is 0.296 e. The van der Waals surface area contributed by atoms with Gasteiger partial charge in [-0.05, 0) is 43.9 Å². The summed E-state index contributed by atoms with van der Waals surface area (Å²) < 4.78 is 28.8. The van der Waals surface area contributed by atoms with Gasteiger partial charge in [0.25, 0.3) is 10.1 Å².